The average Bonchev–Trinajstić information content (AvgIpc) is 2.80. The fourth-order valence-electron chi connectivity index (χ4n) is 2.44. The SMILES string of the molecule is CCCC1CNCCN1Cc1cc(C(F)(F)F)n[nH]1.Cl. The molecule has 116 valence electrons. The summed E-state index contributed by atoms with van der Waals surface area (Å²) in [4.78, 5) is 2.22. The van der Waals surface area contributed by atoms with Crippen molar-refractivity contribution in [2.45, 2.75) is 38.5 Å². The number of halogens is 4. The van der Waals surface area contributed by atoms with E-state index in [9.17, 15) is 13.2 Å². The molecule has 1 aromatic heterocycles. The van der Waals surface area contributed by atoms with Crippen molar-refractivity contribution < 1.29 is 13.2 Å². The fraction of sp³-hybridized carbons (Fsp3) is 0.750. The second-order valence-corrected chi connectivity index (χ2v) is 4.89. The summed E-state index contributed by atoms with van der Waals surface area (Å²) in [5, 5.41) is 9.14. The van der Waals surface area contributed by atoms with Gasteiger partial charge in [0, 0.05) is 37.9 Å². The first-order valence-electron chi connectivity index (χ1n) is 6.57. The van der Waals surface area contributed by atoms with Crippen molar-refractivity contribution in [2.75, 3.05) is 19.6 Å². The third kappa shape index (κ3) is 4.36. The van der Waals surface area contributed by atoms with Crippen LogP contribution in [-0.4, -0.2) is 40.8 Å². The molecule has 1 unspecified atom stereocenters. The number of piperazine rings is 1. The van der Waals surface area contributed by atoms with E-state index in [1.165, 1.54) is 0 Å². The van der Waals surface area contributed by atoms with Crippen LogP contribution in [0.5, 0.6) is 0 Å². The minimum absolute atomic E-state index is 0. The predicted molar refractivity (Wildman–Crippen MR) is 72.8 cm³/mol. The Balaban J connectivity index is 0.00000200. The molecule has 1 aliphatic rings. The zero-order chi connectivity index (χ0) is 13.9. The quantitative estimate of drug-likeness (QED) is 0.897. The molecule has 20 heavy (non-hydrogen) atoms. The molecule has 4 nitrogen and oxygen atoms in total. The van der Waals surface area contributed by atoms with Crippen molar-refractivity contribution in [3.8, 4) is 0 Å². The third-order valence-corrected chi connectivity index (χ3v) is 3.39. The monoisotopic (exact) mass is 312 g/mol. The highest BCUT2D eigenvalue weighted by molar-refractivity contribution is 5.85. The van der Waals surface area contributed by atoms with Crippen LogP contribution in [0.3, 0.4) is 0 Å². The van der Waals surface area contributed by atoms with Gasteiger partial charge in [0.2, 0.25) is 0 Å². The number of nitrogens with zero attached hydrogens (tertiary/aromatic N) is 2. The molecule has 0 spiro atoms. The number of hydrogen-bond donors (Lipinski definition) is 2. The van der Waals surface area contributed by atoms with E-state index in [-0.39, 0.29) is 12.4 Å². The highest BCUT2D eigenvalue weighted by Crippen LogP contribution is 2.28. The highest BCUT2D eigenvalue weighted by Gasteiger charge is 2.34. The Bertz CT molecular complexity index is 406. The van der Waals surface area contributed by atoms with E-state index >= 15 is 0 Å². The minimum Gasteiger partial charge on any atom is -0.314 e. The van der Waals surface area contributed by atoms with E-state index in [4.69, 9.17) is 0 Å². The van der Waals surface area contributed by atoms with E-state index in [0.29, 0.717) is 18.3 Å². The zero-order valence-corrected chi connectivity index (χ0v) is 12.2. The van der Waals surface area contributed by atoms with Crippen molar-refractivity contribution in [1.29, 1.82) is 0 Å². The number of aromatic amines is 1. The lowest BCUT2D eigenvalue weighted by Gasteiger charge is -2.35. The van der Waals surface area contributed by atoms with E-state index in [2.05, 4.69) is 27.3 Å². The van der Waals surface area contributed by atoms with Gasteiger partial charge in [-0.2, -0.15) is 18.3 Å². The maximum absolute atomic E-state index is 12.5. The van der Waals surface area contributed by atoms with Gasteiger partial charge in [0.05, 0.1) is 0 Å². The van der Waals surface area contributed by atoms with Crippen molar-refractivity contribution >= 4 is 12.4 Å². The molecule has 2 rings (SSSR count). The van der Waals surface area contributed by atoms with E-state index in [1.54, 1.807) is 0 Å². The number of aromatic nitrogens is 2. The lowest BCUT2D eigenvalue weighted by atomic mass is 10.1. The molecule has 8 heteroatoms. The molecule has 1 aliphatic heterocycles. The lowest BCUT2D eigenvalue weighted by Crippen LogP contribution is -2.50. The van der Waals surface area contributed by atoms with Crippen LogP contribution in [0.2, 0.25) is 0 Å². The molecule has 0 aromatic carbocycles. The molecule has 1 fully saturated rings. The van der Waals surface area contributed by atoms with Crippen LogP contribution in [0.15, 0.2) is 6.07 Å². The summed E-state index contributed by atoms with van der Waals surface area (Å²) in [7, 11) is 0. The van der Waals surface area contributed by atoms with Gasteiger partial charge < -0.3 is 5.32 Å². The summed E-state index contributed by atoms with van der Waals surface area (Å²) in [6.45, 7) is 5.24. The van der Waals surface area contributed by atoms with Gasteiger partial charge in [0.25, 0.3) is 0 Å². The smallest absolute Gasteiger partial charge is 0.314 e. The van der Waals surface area contributed by atoms with Crippen molar-refractivity contribution in [3.05, 3.63) is 17.5 Å². The first kappa shape index (κ1) is 17.3. The molecule has 2 heterocycles. The topological polar surface area (TPSA) is 44.0 Å². The Morgan fingerprint density at radius 3 is 2.80 bits per heavy atom. The van der Waals surface area contributed by atoms with Crippen LogP contribution >= 0.6 is 12.4 Å². The van der Waals surface area contributed by atoms with Crippen LogP contribution in [-0.2, 0) is 12.7 Å². The third-order valence-electron chi connectivity index (χ3n) is 3.39. The molecular weight excluding hydrogens is 293 g/mol. The Morgan fingerprint density at radius 2 is 2.20 bits per heavy atom. The fourth-order valence-corrected chi connectivity index (χ4v) is 2.44. The normalized spacial score (nSPS) is 20.7. The summed E-state index contributed by atoms with van der Waals surface area (Å²) in [6.07, 6.45) is -2.26. The number of nitrogens with one attached hydrogen (secondary N) is 2. The first-order valence-corrected chi connectivity index (χ1v) is 6.57. The van der Waals surface area contributed by atoms with E-state index in [1.807, 2.05) is 0 Å². The van der Waals surface area contributed by atoms with E-state index in [0.717, 1.165) is 38.5 Å². The molecule has 0 radical (unpaired) electrons. The number of rotatable bonds is 4. The molecule has 1 saturated heterocycles. The van der Waals surface area contributed by atoms with Gasteiger partial charge in [-0.3, -0.25) is 10.00 Å². The maximum atomic E-state index is 12.5. The molecule has 2 N–H and O–H groups in total. The zero-order valence-electron chi connectivity index (χ0n) is 11.3. The summed E-state index contributed by atoms with van der Waals surface area (Å²) in [6, 6.07) is 1.49. The van der Waals surface area contributed by atoms with E-state index < -0.39 is 11.9 Å². The second-order valence-electron chi connectivity index (χ2n) is 4.89. The molecule has 0 saturated carbocycles. The molecular formula is C12H20ClF3N4. The summed E-state index contributed by atoms with van der Waals surface area (Å²) in [5.41, 5.74) is -0.319. The Kier molecular flexibility index (Phi) is 6.29. The molecule has 1 aromatic rings. The largest absolute Gasteiger partial charge is 0.435 e. The van der Waals surface area contributed by atoms with Gasteiger partial charge in [0.1, 0.15) is 0 Å². The van der Waals surface area contributed by atoms with Gasteiger partial charge in [-0.1, -0.05) is 13.3 Å². The number of hydrogen-bond acceptors (Lipinski definition) is 3. The van der Waals surface area contributed by atoms with Crippen LogP contribution in [0, 0.1) is 0 Å². The van der Waals surface area contributed by atoms with Crippen LogP contribution < -0.4 is 5.32 Å². The molecule has 1 atom stereocenters. The number of alkyl halides is 3. The van der Waals surface area contributed by atoms with Crippen molar-refractivity contribution in [1.82, 2.24) is 20.4 Å². The van der Waals surface area contributed by atoms with Crippen molar-refractivity contribution in [2.24, 2.45) is 0 Å². The summed E-state index contributed by atoms with van der Waals surface area (Å²) in [5.74, 6) is 0. The van der Waals surface area contributed by atoms with Gasteiger partial charge in [-0.15, -0.1) is 12.4 Å². The standard InChI is InChI=1S/C12H19F3N4.ClH/c1-2-3-10-7-16-4-5-19(10)8-9-6-11(18-17-9)12(13,14)15;/h6,10,16H,2-5,7-8H2,1H3,(H,17,18);1H. The minimum atomic E-state index is -4.37. The van der Waals surface area contributed by atoms with Gasteiger partial charge in [-0.25, -0.2) is 0 Å². The van der Waals surface area contributed by atoms with Crippen LogP contribution in [0.4, 0.5) is 13.2 Å². The Hall–Kier alpha value is -0.790. The van der Waals surface area contributed by atoms with Crippen LogP contribution in [0.25, 0.3) is 0 Å². The predicted octanol–water partition coefficient (Wildman–Crippen LogP) is 2.42. The molecule has 0 amide bonds. The Morgan fingerprint density at radius 1 is 1.45 bits per heavy atom. The first-order chi connectivity index (χ1) is 9.00. The average molecular weight is 313 g/mol. The molecule has 0 bridgehead atoms. The van der Waals surface area contributed by atoms with Gasteiger partial charge in [0.15, 0.2) is 5.69 Å². The summed E-state index contributed by atoms with van der Waals surface area (Å²) < 4.78 is 37.4. The number of H-pyrrole nitrogens is 1. The van der Waals surface area contributed by atoms with Crippen molar-refractivity contribution in [3.63, 3.8) is 0 Å². The molecule has 0 aliphatic carbocycles. The van der Waals surface area contributed by atoms with Gasteiger partial charge in [-0.05, 0) is 12.5 Å². The second kappa shape index (κ2) is 7.28. The Labute approximate surface area is 122 Å². The highest BCUT2D eigenvalue weighted by atomic mass is 35.5. The van der Waals surface area contributed by atoms with Crippen LogP contribution in [0.1, 0.15) is 31.2 Å². The maximum Gasteiger partial charge on any atom is 0.435 e. The summed E-state index contributed by atoms with van der Waals surface area (Å²) >= 11 is 0. The lowest BCUT2D eigenvalue weighted by molar-refractivity contribution is -0.141. The van der Waals surface area contributed by atoms with Gasteiger partial charge >= 0.3 is 6.18 Å².